The third-order valence-electron chi connectivity index (χ3n) is 6.41. The van der Waals surface area contributed by atoms with Gasteiger partial charge in [0.05, 0.1) is 19.8 Å². The largest absolute Gasteiger partial charge is 0.379 e. The lowest BCUT2D eigenvalue weighted by atomic mass is 9.88. The first-order chi connectivity index (χ1) is 16.8. The van der Waals surface area contributed by atoms with Crippen LogP contribution in [0, 0.1) is 0 Å². The zero-order valence-corrected chi connectivity index (χ0v) is 19.7. The standard InChI is InChI=1S/C29H35N3O2/c33-29(22-31-28(26-14-8-3-9-15-26)23-32-18-20-34-21-19-32)30-17-16-27(24-10-4-1-5-11-24)25-12-6-2-7-13-25/h1-15,27-28,31H,16-23H2,(H,30,33)/t28-/m0/s1. The van der Waals surface area contributed by atoms with Crippen molar-refractivity contribution in [1.82, 2.24) is 15.5 Å². The highest BCUT2D eigenvalue weighted by Crippen LogP contribution is 2.27. The Morgan fingerprint density at radius 3 is 1.88 bits per heavy atom. The van der Waals surface area contributed by atoms with Crippen molar-refractivity contribution in [3.05, 3.63) is 108 Å². The molecule has 3 aromatic rings. The van der Waals surface area contributed by atoms with Gasteiger partial charge in [-0.1, -0.05) is 91.0 Å². The predicted molar refractivity (Wildman–Crippen MR) is 137 cm³/mol. The van der Waals surface area contributed by atoms with E-state index in [1.165, 1.54) is 16.7 Å². The number of ether oxygens (including phenoxy) is 1. The summed E-state index contributed by atoms with van der Waals surface area (Å²) in [4.78, 5) is 15.1. The van der Waals surface area contributed by atoms with Gasteiger partial charge in [-0.2, -0.15) is 0 Å². The molecule has 178 valence electrons. The van der Waals surface area contributed by atoms with Crippen molar-refractivity contribution in [2.45, 2.75) is 18.4 Å². The Morgan fingerprint density at radius 2 is 1.32 bits per heavy atom. The van der Waals surface area contributed by atoms with Gasteiger partial charge in [0.15, 0.2) is 0 Å². The smallest absolute Gasteiger partial charge is 0.233 e. The molecule has 3 aromatic carbocycles. The molecule has 0 radical (unpaired) electrons. The molecular formula is C29H35N3O2. The summed E-state index contributed by atoms with van der Waals surface area (Å²) in [6, 6.07) is 31.5. The van der Waals surface area contributed by atoms with Gasteiger partial charge in [0, 0.05) is 38.1 Å². The number of carbonyl (C=O) groups excluding carboxylic acids is 1. The highest BCUT2D eigenvalue weighted by Gasteiger charge is 2.19. The zero-order valence-electron chi connectivity index (χ0n) is 19.7. The number of hydrogen-bond acceptors (Lipinski definition) is 4. The van der Waals surface area contributed by atoms with E-state index in [9.17, 15) is 4.79 Å². The second kappa shape index (κ2) is 13.0. The van der Waals surface area contributed by atoms with Gasteiger partial charge in [-0.3, -0.25) is 9.69 Å². The average molecular weight is 458 g/mol. The van der Waals surface area contributed by atoms with Crippen LogP contribution in [0.5, 0.6) is 0 Å². The van der Waals surface area contributed by atoms with E-state index in [1.54, 1.807) is 0 Å². The molecule has 1 amide bonds. The van der Waals surface area contributed by atoms with Gasteiger partial charge in [0.2, 0.25) is 5.91 Å². The van der Waals surface area contributed by atoms with Crippen LogP contribution in [0.25, 0.3) is 0 Å². The van der Waals surface area contributed by atoms with Crippen LogP contribution >= 0.6 is 0 Å². The van der Waals surface area contributed by atoms with Crippen LogP contribution in [0.15, 0.2) is 91.0 Å². The molecule has 0 saturated carbocycles. The van der Waals surface area contributed by atoms with Crippen LogP contribution in [0.1, 0.15) is 35.1 Å². The summed E-state index contributed by atoms with van der Waals surface area (Å²) >= 11 is 0. The molecule has 0 aliphatic carbocycles. The molecule has 1 heterocycles. The Labute approximate surface area is 203 Å². The number of nitrogens with zero attached hydrogens (tertiary/aromatic N) is 1. The summed E-state index contributed by atoms with van der Waals surface area (Å²) in [5, 5.41) is 6.62. The maximum atomic E-state index is 12.7. The quantitative estimate of drug-likeness (QED) is 0.457. The van der Waals surface area contributed by atoms with Gasteiger partial charge in [-0.05, 0) is 23.1 Å². The predicted octanol–water partition coefficient (Wildman–Crippen LogP) is 3.99. The lowest BCUT2D eigenvalue weighted by Gasteiger charge is -2.31. The highest BCUT2D eigenvalue weighted by atomic mass is 16.5. The van der Waals surface area contributed by atoms with Crippen molar-refractivity contribution in [3.63, 3.8) is 0 Å². The summed E-state index contributed by atoms with van der Waals surface area (Å²) in [6.45, 7) is 5.19. The Morgan fingerprint density at radius 1 is 0.794 bits per heavy atom. The van der Waals surface area contributed by atoms with Gasteiger partial charge < -0.3 is 15.4 Å². The Bertz CT molecular complexity index is 937. The number of hydrogen-bond donors (Lipinski definition) is 2. The lowest BCUT2D eigenvalue weighted by molar-refractivity contribution is -0.120. The van der Waals surface area contributed by atoms with Crippen molar-refractivity contribution in [2.24, 2.45) is 0 Å². The van der Waals surface area contributed by atoms with Crippen LogP contribution < -0.4 is 10.6 Å². The average Bonchev–Trinajstić information content (AvgIpc) is 2.91. The van der Waals surface area contributed by atoms with Gasteiger partial charge in [0.1, 0.15) is 0 Å². The third-order valence-corrected chi connectivity index (χ3v) is 6.41. The number of benzene rings is 3. The second-order valence-electron chi connectivity index (χ2n) is 8.77. The molecule has 4 rings (SSSR count). The lowest BCUT2D eigenvalue weighted by Crippen LogP contribution is -2.44. The topological polar surface area (TPSA) is 53.6 Å². The molecule has 1 aliphatic heterocycles. The minimum atomic E-state index is 0.0304. The first-order valence-corrected chi connectivity index (χ1v) is 12.2. The summed E-state index contributed by atoms with van der Waals surface area (Å²) in [7, 11) is 0. The van der Waals surface area contributed by atoms with E-state index in [4.69, 9.17) is 4.74 Å². The summed E-state index contributed by atoms with van der Waals surface area (Å²) in [6.07, 6.45) is 0.857. The normalized spacial score (nSPS) is 15.2. The molecule has 0 aromatic heterocycles. The molecule has 0 bridgehead atoms. The maximum Gasteiger partial charge on any atom is 0.233 e. The number of rotatable bonds is 11. The Kier molecular flexibility index (Phi) is 9.26. The summed E-state index contributed by atoms with van der Waals surface area (Å²) < 4.78 is 5.49. The van der Waals surface area contributed by atoms with Gasteiger partial charge in [-0.15, -0.1) is 0 Å². The summed E-state index contributed by atoms with van der Waals surface area (Å²) in [5.74, 6) is 0.289. The SMILES string of the molecule is O=C(CN[C@@H](CN1CCOCC1)c1ccccc1)NCCC(c1ccccc1)c1ccccc1. The molecule has 0 spiro atoms. The zero-order chi connectivity index (χ0) is 23.4. The van der Waals surface area contributed by atoms with Gasteiger partial charge in [-0.25, -0.2) is 0 Å². The van der Waals surface area contributed by atoms with Crippen LogP contribution in [-0.4, -0.2) is 56.7 Å². The number of carbonyl (C=O) groups is 1. The van der Waals surface area contributed by atoms with E-state index in [1.807, 2.05) is 18.2 Å². The van der Waals surface area contributed by atoms with Crippen molar-refractivity contribution in [1.29, 1.82) is 0 Å². The molecule has 1 atom stereocenters. The summed E-state index contributed by atoms with van der Waals surface area (Å²) in [5.41, 5.74) is 3.75. The van der Waals surface area contributed by atoms with Crippen LogP contribution in [-0.2, 0) is 9.53 Å². The van der Waals surface area contributed by atoms with Gasteiger partial charge in [0.25, 0.3) is 0 Å². The Balaban J connectivity index is 1.31. The third kappa shape index (κ3) is 7.26. The molecule has 1 saturated heterocycles. The Hall–Kier alpha value is -2.99. The molecule has 0 unspecified atom stereocenters. The number of morpholine rings is 1. The number of nitrogens with one attached hydrogen (secondary N) is 2. The van der Waals surface area contributed by atoms with Crippen LogP contribution in [0.3, 0.4) is 0 Å². The van der Waals surface area contributed by atoms with Gasteiger partial charge >= 0.3 is 0 Å². The first kappa shape index (κ1) is 24.1. The van der Waals surface area contributed by atoms with E-state index in [2.05, 4.69) is 88.3 Å². The molecule has 5 nitrogen and oxygen atoms in total. The van der Waals surface area contributed by atoms with E-state index in [0.717, 1.165) is 39.3 Å². The fraction of sp³-hybridized carbons (Fsp3) is 0.345. The molecule has 34 heavy (non-hydrogen) atoms. The molecule has 1 aliphatic rings. The molecule has 5 heteroatoms. The van der Waals surface area contributed by atoms with E-state index >= 15 is 0 Å². The van der Waals surface area contributed by atoms with Crippen molar-refractivity contribution < 1.29 is 9.53 Å². The van der Waals surface area contributed by atoms with E-state index < -0.39 is 0 Å². The molecule has 1 fully saturated rings. The number of amides is 1. The van der Waals surface area contributed by atoms with Crippen LogP contribution in [0.4, 0.5) is 0 Å². The second-order valence-corrected chi connectivity index (χ2v) is 8.77. The molecule has 2 N–H and O–H groups in total. The van der Waals surface area contributed by atoms with Crippen LogP contribution in [0.2, 0.25) is 0 Å². The van der Waals surface area contributed by atoms with E-state index in [0.29, 0.717) is 13.1 Å². The highest BCUT2D eigenvalue weighted by molar-refractivity contribution is 5.78. The van der Waals surface area contributed by atoms with E-state index in [-0.39, 0.29) is 17.9 Å². The monoisotopic (exact) mass is 457 g/mol. The first-order valence-electron chi connectivity index (χ1n) is 12.2. The molecular weight excluding hydrogens is 422 g/mol. The fourth-order valence-corrected chi connectivity index (χ4v) is 4.55. The fourth-order valence-electron chi connectivity index (χ4n) is 4.55. The minimum Gasteiger partial charge on any atom is -0.379 e. The minimum absolute atomic E-state index is 0.0304. The van der Waals surface area contributed by atoms with Crippen molar-refractivity contribution in [2.75, 3.05) is 45.9 Å². The van der Waals surface area contributed by atoms with Crippen molar-refractivity contribution >= 4 is 5.91 Å². The van der Waals surface area contributed by atoms with Crippen molar-refractivity contribution in [3.8, 4) is 0 Å². The maximum absolute atomic E-state index is 12.7.